The molecule has 5 nitrogen and oxygen atoms in total. The molecular weight excluding hydrogens is 313 g/mol. The van der Waals surface area contributed by atoms with Crippen molar-refractivity contribution in [1.82, 2.24) is 0 Å². The van der Waals surface area contributed by atoms with Crippen LogP contribution in [-0.2, 0) is 20.8 Å². The predicted molar refractivity (Wildman–Crippen MR) is 82.5 cm³/mol. The number of aliphatic carboxylic acids is 1. The van der Waals surface area contributed by atoms with Crippen molar-refractivity contribution in [2.45, 2.75) is 32.2 Å². The van der Waals surface area contributed by atoms with Gasteiger partial charge in [-0.15, -0.1) is 0 Å². The Balaban J connectivity index is 0.00000242. The predicted octanol–water partition coefficient (Wildman–Crippen LogP) is -0.795. The van der Waals surface area contributed by atoms with E-state index in [2.05, 4.69) is 0 Å². The fraction of sp³-hybridized carbons (Fsp3) is 0.400. The van der Waals surface area contributed by atoms with Crippen LogP contribution in [0.1, 0.15) is 26.8 Å². The van der Waals surface area contributed by atoms with Crippen molar-refractivity contribution in [1.29, 1.82) is 0 Å². The number of carboxylic acid groups (broad SMARTS) is 1. The monoisotopic (exact) mass is 331 g/mol. The summed E-state index contributed by atoms with van der Waals surface area (Å²) in [6.07, 6.45) is 1.22. The summed E-state index contributed by atoms with van der Waals surface area (Å²) in [5.41, 5.74) is 1.66. The van der Waals surface area contributed by atoms with Gasteiger partial charge in [-0.1, -0.05) is 30.0 Å². The van der Waals surface area contributed by atoms with Gasteiger partial charge in [-0.3, -0.25) is 14.5 Å². The summed E-state index contributed by atoms with van der Waals surface area (Å²) < 4.78 is 0. The van der Waals surface area contributed by atoms with Crippen LogP contribution in [-0.4, -0.2) is 33.9 Å². The Kier molecular flexibility index (Phi) is 7.62. The van der Waals surface area contributed by atoms with Crippen molar-refractivity contribution < 1.29 is 50.5 Å². The molecule has 7 heteroatoms. The van der Waals surface area contributed by atoms with Crippen molar-refractivity contribution in [3.05, 3.63) is 29.8 Å². The summed E-state index contributed by atoms with van der Waals surface area (Å²) in [5.74, 6) is -0.862. The fourth-order valence-electron chi connectivity index (χ4n) is 2.49. The molecule has 0 saturated heterocycles. The summed E-state index contributed by atoms with van der Waals surface area (Å²) >= 11 is 1.08. The van der Waals surface area contributed by atoms with E-state index in [1.54, 1.807) is 12.1 Å². The number of hydrogen-bond donors (Lipinski definition) is 1. The van der Waals surface area contributed by atoms with Crippen molar-refractivity contribution in [2.75, 3.05) is 10.7 Å². The molecule has 0 spiro atoms. The standard InChI is InChI=1S/C15H17NO4S.Na.H/c1-10(17)21-9-8-14(18)16-12-5-3-2-4-11(12)6-7-13(16)15(19)20;;/h2-5,13H,6-9H2,1H3,(H,19,20);;/q;+1;-1/t13-;;/m0../s1. The van der Waals surface area contributed by atoms with Gasteiger partial charge in [0, 0.05) is 24.8 Å². The Morgan fingerprint density at radius 3 is 2.68 bits per heavy atom. The molecule has 1 N–H and O–H groups in total. The van der Waals surface area contributed by atoms with Crippen LogP contribution in [0.25, 0.3) is 0 Å². The number of amides is 1. The van der Waals surface area contributed by atoms with E-state index in [9.17, 15) is 19.5 Å². The molecule has 0 saturated carbocycles. The number of anilines is 1. The second-order valence-electron chi connectivity index (χ2n) is 4.88. The van der Waals surface area contributed by atoms with Gasteiger partial charge in [-0.05, 0) is 24.5 Å². The molecule has 1 amide bonds. The molecule has 0 bridgehead atoms. The quantitative estimate of drug-likeness (QED) is 0.732. The second-order valence-corrected chi connectivity index (χ2v) is 6.15. The molecule has 1 aromatic rings. The molecule has 1 aliphatic heterocycles. The maximum atomic E-state index is 12.4. The first-order chi connectivity index (χ1) is 10.0. The maximum absolute atomic E-state index is 12.4. The van der Waals surface area contributed by atoms with Gasteiger partial charge in [0.25, 0.3) is 0 Å². The van der Waals surface area contributed by atoms with Gasteiger partial charge in [0.05, 0.1) is 0 Å². The third-order valence-electron chi connectivity index (χ3n) is 3.42. The van der Waals surface area contributed by atoms with Crippen molar-refractivity contribution in [2.24, 2.45) is 0 Å². The molecule has 1 atom stereocenters. The minimum atomic E-state index is -0.989. The fourth-order valence-corrected chi connectivity index (χ4v) is 3.06. The van der Waals surface area contributed by atoms with E-state index in [1.807, 2.05) is 12.1 Å². The zero-order chi connectivity index (χ0) is 15.4. The van der Waals surface area contributed by atoms with E-state index in [1.165, 1.54) is 11.8 Å². The van der Waals surface area contributed by atoms with Gasteiger partial charge < -0.3 is 6.53 Å². The minimum Gasteiger partial charge on any atom is -1.00 e. The summed E-state index contributed by atoms with van der Waals surface area (Å²) in [5, 5.41) is 9.30. The maximum Gasteiger partial charge on any atom is 1.00 e. The number of nitrogens with zero attached hydrogens (tertiary/aromatic N) is 1. The third kappa shape index (κ3) is 4.59. The Morgan fingerprint density at radius 2 is 2.05 bits per heavy atom. The van der Waals surface area contributed by atoms with E-state index >= 15 is 0 Å². The summed E-state index contributed by atoms with van der Waals surface area (Å²) in [4.78, 5) is 36.1. The first-order valence-corrected chi connectivity index (χ1v) is 7.75. The number of benzene rings is 1. The molecule has 1 aromatic carbocycles. The number of fused-ring (bicyclic) bond motifs is 1. The van der Waals surface area contributed by atoms with Crippen LogP contribution in [0.2, 0.25) is 0 Å². The molecule has 0 aliphatic carbocycles. The number of carbonyl (C=O) groups is 3. The molecule has 0 fully saturated rings. The topological polar surface area (TPSA) is 74.7 Å². The number of para-hydroxylation sites is 1. The van der Waals surface area contributed by atoms with Gasteiger partial charge in [-0.25, -0.2) is 4.79 Å². The molecule has 1 aliphatic rings. The van der Waals surface area contributed by atoms with Crippen molar-refractivity contribution >= 4 is 34.4 Å². The van der Waals surface area contributed by atoms with Crippen LogP contribution in [0, 0.1) is 0 Å². The molecule has 1 heterocycles. The number of aryl methyl sites for hydroxylation is 1. The van der Waals surface area contributed by atoms with Crippen LogP contribution in [0.5, 0.6) is 0 Å². The number of thioether (sulfide) groups is 1. The van der Waals surface area contributed by atoms with E-state index in [4.69, 9.17) is 0 Å². The van der Waals surface area contributed by atoms with Crippen LogP contribution >= 0.6 is 11.8 Å². The van der Waals surface area contributed by atoms with E-state index in [-0.39, 0.29) is 48.4 Å². The molecule has 0 unspecified atom stereocenters. The molecule has 2 rings (SSSR count). The molecule has 22 heavy (non-hydrogen) atoms. The van der Waals surface area contributed by atoms with Crippen molar-refractivity contribution in [3.8, 4) is 0 Å². The zero-order valence-electron chi connectivity index (χ0n) is 13.7. The largest absolute Gasteiger partial charge is 1.00 e. The van der Waals surface area contributed by atoms with Gasteiger partial charge in [0.1, 0.15) is 6.04 Å². The number of hydrogen-bond acceptors (Lipinski definition) is 4. The van der Waals surface area contributed by atoms with Crippen LogP contribution in [0.4, 0.5) is 5.69 Å². The average Bonchev–Trinajstić information content (AvgIpc) is 2.45. The summed E-state index contributed by atoms with van der Waals surface area (Å²) in [6.45, 7) is 1.45. The van der Waals surface area contributed by atoms with Gasteiger partial charge in [0.15, 0.2) is 5.12 Å². The van der Waals surface area contributed by atoms with Gasteiger partial charge in [0.2, 0.25) is 5.91 Å². The summed E-state index contributed by atoms with van der Waals surface area (Å²) in [6, 6.07) is 6.55. The van der Waals surface area contributed by atoms with Gasteiger partial charge >= 0.3 is 35.5 Å². The number of carbonyl (C=O) groups excluding carboxylic acids is 2. The Hall–Kier alpha value is -0.820. The average molecular weight is 331 g/mol. The smallest absolute Gasteiger partial charge is 1.00 e. The van der Waals surface area contributed by atoms with E-state index < -0.39 is 12.0 Å². The number of rotatable bonds is 4. The normalized spacial score (nSPS) is 16.4. The molecule has 0 aromatic heterocycles. The van der Waals surface area contributed by atoms with E-state index in [0.717, 1.165) is 17.3 Å². The summed E-state index contributed by atoms with van der Waals surface area (Å²) in [7, 11) is 0. The van der Waals surface area contributed by atoms with Crippen LogP contribution in [0.15, 0.2) is 24.3 Å². The molecular formula is C15H18NNaO4S. The Bertz CT molecular complexity index is 584. The minimum absolute atomic E-state index is 0. The van der Waals surface area contributed by atoms with Crippen molar-refractivity contribution in [3.63, 3.8) is 0 Å². The first kappa shape index (κ1) is 19.2. The third-order valence-corrected chi connectivity index (χ3v) is 4.24. The Morgan fingerprint density at radius 1 is 1.36 bits per heavy atom. The van der Waals surface area contributed by atoms with E-state index in [0.29, 0.717) is 24.3 Å². The van der Waals surface area contributed by atoms with Gasteiger partial charge in [-0.2, -0.15) is 0 Å². The number of carboxylic acids is 1. The van der Waals surface area contributed by atoms with Crippen LogP contribution < -0.4 is 34.5 Å². The second kappa shape index (κ2) is 8.72. The Labute approximate surface area is 157 Å². The zero-order valence-corrected chi connectivity index (χ0v) is 15.6. The molecule has 0 radical (unpaired) electrons. The molecule has 114 valence electrons. The first-order valence-electron chi connectivity index (χ1n) is 6.77. The van der Waals surface area contributed by atoms with Crippen LogP contribution in [0.3, 0.4) is 0 Å². The SMILES string of the molecule is CC(=O)SCCC(=O)N1c2ccccc2CC[C@H]1C(=O)O.[H-].[Na+].